The van der Waals surface area contributed by atoms with Gasteiger partial charge in [0.25, 0.3) is 0 Å². The number of allylic oxidation sites excluding steroid dienone is 1. The standard InChI is InChI=1S/C14H12ClF4N3O/c15-9-3-7(1-2-10(9)16)13(20)8(6-23)11-4-21-5-12(22-11)14(17,18)19/h1-3,6,12,20-22H,4-5H2/b11-8-,20-13?. The molecule has 0 saturated carbocycles. The highest BCUT2D eigenvalue weighted by Crippen LogP contribution is 2.24. The van der Waals surface area contributed by atoms with E-state index in [2.05, 4.69) is 10.6 Å². The van der Waals surface area contributed by atoms with Crippen molar-refractivity contribution in [3.05, 3.63) is 45.9 Å². The van der Waals surface area contributed by atoms with Crippen molar-refractivity contribution in [2.45, 2.75) is 12.2 Å². The Labute approximate surface area is 134 Å². The van der Waals surface area contributed by atoms with Crippen LogP contribution in [0.3, 0.4) is 0 Å². The van der Waals surface area contributed by atoms with E-state index in [4.69, 9.17) is 17.0 Å². The minimum absolute atomic E-state index is 0.0159. The molecule has 1 aliphatic rings. The molecular formula is C14H12ClF4N3O. The highest BCUT2D eigenvalue weighted by atomic mass is 35.5. The monoisotopic (exact) mass is 349 g/mol. The van der Waals surface area contributed by atoms with Crippen LogP contribution in [-0.4, -0.2) is 37.3 Å². The van der Waals surface area contributed by atoms with Crippen molar-refractivity contribution >= 4 is 23.6 Å². The van der Waals surface area contributed by atoms with E-state index in [9.17, 15) is 22.4 Å². The molecule has 124 valence electrons. The Morgan fingerprint density at radius 2 is 2.09 bits per heavy atom. The summed E-state index contributed by atoms with van der Waals surface area (Å²) in [5.74, 6) is -0.696. The van der Waals surface area contributed by atoms with Gasteiger partial charge in [-0.3, -0.25) is 10.2 Å². The fraction of sp³-hybridized carbons (Fsp3) is 0.286. The maximum Gasteiger partial charge on any atom is 0.409 e. The highest BCUT2D eigenvalue weighted by Gasteiger charge is 2.41. The van der Waals surface area contributed by atoms with Gasteiger partial charge in [0.05, 0.1) is 16.3 Å². The number of halogens is 5. The highest BCUT2D eigenvalue weighted by molar-refractivity contribution is 6.31. The summed E-state index contributed by atoms with van der Waals surface area (Å²) in [4.78, 5) is 11.3. The average molecular weight is 350 g/mol. The Morgan fingerprint density at radius 1 is 1.39 bits per heavy atom. The lowest BCUT2D eigenvalue weighted by molar-refractivity contribution is -0.154. The second kappa shape index (κ2) is 6.67. The molecule has 4 nitrogen and oxygen atoms in total. The molecule has 3 N–H and O–H groups in total. The molecular weight excluding hydrogens is 338 g/mol. The average Bonchev–Trinajstić information content (AvgIpc) is 2.50. The fourth-order valence-electron chi connectivity index (χ4n) is 2.11. The van der Waals surface area contributed by atoms with Gasteiger partial charge in [0, 0.05) is 24.4 Å². The number of hydrogen-bond acceptors (Lipinski definition) is 4. The second-order valence-electron chi connectivity index (χ2n) is 4.88. The van der Waals surface area contributed by atoms with Crippen molar-refractivity contribution in [2.24, 2.45) is 0 Å². The molecule has 2 rings (SSSR count). The van der Waals surface area contributed by atoms with Crippen molar-refractivity contribution in [3.63, 3.8) is 0 Å². The summed E-state index contributed by atoms with van der Waals surface area (Å²) >= 11 is 5.62. The fourth-order valence-corrected chi connectivity index (χ4v) is 2.29. The maximum atomic E-state index is 13.2. The molecule has 0 bridgehead atoms. The Bertz CT molecular complexity index is 672. The van der Waals surface area contributed by atoms with Gasteiger partial charge >= 0.3 is 6.18 Å². The zero-order valence-electron chi connectivity index (χ0n) is 11.6. The number of nitrogens with one attached hydrogen (secondary N) is 3. The molecule has 1 aromatic carbocycles. The van der Waals surface area contributed by atoms with Crippen LogP contribution < -0.4 is 10.6 Å². The third-order valence-electron chi connectivity index (χ3n) is 3.31. The van der Waals surface area contributed by atoms with Crippen LogP contribution in [-0.2, 0) is 4.79 Å². The second-order valence-corrected chi connectivity index (χ2v) is 5.29. The van der Waals surface area contributed by atoms with Gasteiger partial charge in [-0.25, -0.2) is 4.39 Å². The van der Waals surface area contributed by atoms with Crippen LogP contribution in [0.15, 0.2) is 29.5 Å². The molecule has 1 atom stereocenters. The first-order valence-corrected chi connectivity index (χ1v) is 6.88. The topological polar surface area (TPSA) is 65.0 Å². The van der Waals surface area contributed by atoms with Crippen LogP contribution in [0, 0.1) is 11.2 Å². The van der Waals surface area contributed by atoms with Crippen molar-refractivity contribution in [1.29, 1.82) is 5.41 Å². The normalized spacial score (nSPS) is 20.7. The number of alkyl halides is 3. The van der Waals surface area contributed by atoms with E-state index in [-0.39, 0.29) is 40.7 Å². The summed E-state index contributed by atoms with van der Waals surface area (Å²) in [5, 5.41) is 12.5. The van der Waals surface area contributed by atoms with Gasteiger partial charge in [-0.1, -0.05) is 11.6 Å². The third-order valence-corrected chi connectivity index (χ3v) is 3.60. The van der Waals surface area contributed by atoms with Crippen molar-refractivity contribution in [3.8, 4) is 0 Å². The van der Waals surface area contributed by atoms with Crippen molar-refractivity contribution in [2.75, 3.05) is 13.1 Å². The molecule has 23 heavy (non-hydrogen) atoms. The first kappa shape index (κ1) is 17.4. The van der Waals surface area contributed by atoms with Crippen LogP contribution in [0.5, 0.6) is 0 Å². The molecule has 0 radical (unpaired) electrons. The predicted molar refractivity (Wildman–Crippen MR) is 77.2 cm³/mol. The van der Waals surface area contributed by atoms with Gasteiger partial charge in [0.15, 0.2) is 6.29 Å². The zero-order valence-corrected chi connectivity index (χ0v) is 12.4. The smallest absolute Gasteiger partial charge is 0.375 e. The van der Waals surface area contributed by atoms with Gasteiger partial charge in [-0.05, 0) is 18.2 Å². The molecule has 0 aliphatic carbocycles. The largest absolute Gasteiger partial charge is 0.409 e. The Balaban J connectivity index is 2.35. The molecule has 1 fully saturated rings. The van der Waals surface area contributed by atoms with E-state index < -0.39 is 18.0 Å². The lowest BCUT2D eigenvalue weighted by atomic mass is 10.00. The van der Waals surface area contributed by atoms with E-state index in [0.29, 0.717) is 6.29 Å². The lowest BCUT2D eigenvalue weighted by Gasteiger charge is -2.30. The summed E-state index contributed by atoms with van der Waals surface area (Å²) in [5.41, 5.74) is -0.496. The zero-order chi connectivity index (χ0) is 17.2. The van der Waals surface area contributed by atoms with Crippen LogP contribution in [0.4, 0.5) is 17.6 Å². The first-order chi connectivity index (χ1) is 10.7. The number of piperazine rings is 1. The first-order valence-electron chi connectivity index (χ1n) is 6.50. The van der Waals surface area contributed by atoms with Gasteiger partial charge in [-0.2, -0.15) is 13.2 Å². The van der Waals surface area contributed by atoms with Crippen LogP contribution in [0.2, 0.25) is 5.02 Å². The van der Waals surface area contributed by atoms with Gasteiger partial charge < -0.3 is 10.6 Å². The summed E-state index contributed by atoms with van der Waals surface area (Å²) in [6.07, 6.45) is -4.20. The minimum atomic E-state index is -4.49. The summed E-state index contributed by atoms with van der Waals surface area (Å²) in [6.45, 7) is -0.354. The molecule has 1 aliphatic heterocycles. The number of carbonyl (C=O) groups excluding carboxylic acids is 1. The van der Waals surface area contributed by atoms with E-state index in [1.54, 1.807) is 0 Å². The van der Waals surface area contributed by atoms with Crippen molar-refractivity contribution in [1.82, 2.24) is 10.6 Å². The van der Waals surface area contributed by atoms with Crippen LogP contribution >= 0.6 is 11.6 Å². The minimum Gasteiger partial charge on any atom is -0.375 e. The van der Waals surface area contributed by atoms with Gasteiger partial charge in [0.2, 0.25) is 0 Å². The molecule has 0 amide bonds. The van der Waals surface area contributed by atoms with E-state index >= 15 is 0 Å². The number of aldehydes is 1. The maximum absolute atomic E-state index is 13.2. The molecule has 0 spiro atoms. The molecule has 1 saturated heterocycles. The predicted octanol–water partition coefficient (Wildman–Crippen LogP) is 2.42. The number of carbonyl (C=O) groups is 1. The van der Waals surface area contributed by atoms with E-state index in [1.165, 1.54) is 6.07 Å². The molecule has 0 aromatic heterocycles. The van der Waals surface area contributed by atoms with Crippen LogP contribution in [0.25, 0.3) is 0 Å². The lowest BCUT2D eigenvalue weighted by Crippen LogP contribution is -2.55. The third kappa shape index (κ3) is 3.89. The van der Waals surface area contributed by atoms with Gasteiger partial charge in [0.1, 0.15) is 11.9 Å². The molecule has 1 unspecified atom stereocenters. The molecule has 9 heteroatoms. The number of benzene rings is 1. The summed E-state index contributed by atoms with van der Waals surface area (Å²) in [7, 11) is 0. The van der Waals surface area contributed by atoms with E-state index in [0.717, 1.165) is 12.1 Å². The van der Waals surface area contributed by atoms with Gasteiger partial charge in [-0.15, -0.1) is 0 Å². The SMILES string of the molecule is N=C(/C(C=O)=C1/CNCC(C(F)(F)F)N1)c1ccc(F)c(Cl)c1. The van der Waals surface area contributed by atoms with Crippen LogP contribution in [0.1, 0.15) is 5.56 Å². The molecule has 1 heterocycles. The number of rotatable bonds is 3. The number of hydrogen-bond donors (Lipinski definition) is 3. The van der Waals surface area contributed by atoms with Crippen molar-refractivity contribution < 1.29 is 22.4 Å². The molecule has 1 aromatic rings. The quantitative estimate of drug-likeness (QED) is 0.340. The summed E-state index contributed by atoms with van der Waals surface area (Å²) < 4.78 is 51.5. The Kier molecular flexibility index (Phi) is 5.06. The Morgan fingerprint density at radius 3 is 2.65 bits per heavy atom. The summed E-state index contributed by atoms with van der Waals surface area (Å²) in [6, 6.07) is 1.53. The Hall–Kier alpha value is -1.93. The van der Waals surface area contributed by atoms with E-state index in [1.807, 2.05) is 0 Å².